The Kier molecular flexibility index (Phi) is 10.1. The number of esters is 1. The summed E-state index contributed by atoms with van der Waals surface area (Å²) in [5.41, 5.74) is 4.12. The van der Waals surface area contributed by atoms with E-state index in [4.69, 9.17) is 9.84 Å². The molecule has 0 aliphatic heterocycles. The third-order valence-electron chi connectivity index (χ3n) is 7.03. The first-order valence-electron chi connectivity index (χ1n) is 13.7. The number of aliphatic hydroxyl groups excluding tert-OH is 1. The molecule has 4 aromatic rings. The minimum absolute atomic E-state index is 0.0194. The number of unbranched alkanes of at least 4 members (excludes halogenated alkanes) is 2. The highest BCUT2D eigenvalue weighted by atomic mass is 19.1. The highest BCUT2D eigenvalue weighted by molar-refractivity contribution is 5.87. The molecule has 0 spiro atoms. The first-order valence-corrected chi connectivity index (χ1v) is 13.7. The number of hydrogen-bond donors (Lipinski definition) is 1. The number of benzene rings is 4. The van der Waals surface area contributed by atoms with Crippen molar-refractivity contribution in [3.05, 3.63) is 120 Å². The van der Waals surface area contributed by atoms with E-state index in [1.807, 2.05) is 18.2 Å². The fourth-order valence-corrected chi connectivity index (χ4v) is 4.63. The minimum atomic E-state index is -0.718. The molecule has 0 saturated carbocycles. The lowest BCUT2D eigenvalue weighted by molar-refractivity contribution is -0.139. The molecular weight excluding hydrogens is 525 g/mol. The SMILES string of the molecule is C=C(CO)C(=O)OCCc1ccc(-c2ccc(-c3ccc(-c4ccc(CCCCC)cc4)cc3F)cc2F)c(F)c1. The number of rotatable bonds is 12. The predicted octanol–water partition coefficient (Wildman–Crippen LogP) is 8.47. The van der Waals surface area contributed by atoms with Gasteiger partial charge in [-0.2, -0.15) is 0 Å². The zero-order valence-corrected chi connectivity index (χ0v) is 23.1. The zero-order chi connectivity index (χ0) is 29.4. The van der Waals surface area contributed by atoms with Crippen LogP contribution in [0.1, 0.15) is 37.3 Å². The zero-order valence-electron chi connectivity index (χ0n) is 23.1. The molecule has 3 nitrogen and oxygen atoms in total. The topological polar surface area (TPSA) is 46.5 Å². The van der Waals surface area contributed by atoms with Crippen molar-refractivity contribution in [2.24, 2.45) is 0 Å². The monoisotopic (exact) mass is 558 g/mol. The van der Waals surface area contributed by atoms with E-state index >= 15 is 8.78 Å². The summed E-state index contributed by atoms with van der Waals surface area (Å²) in [6.45, 7) is 5.04. The van der Waals surface area contributed by atoms with Crippen LogP contribution in [0.15, 0.2) is 91.0 Å². The number of halogens is 3. The van der Waals surface area contributed by atoms with Gasteiger partial charge in [-0.05, 0) is 58.9 Å². The second-order valence-electron chi connectivity index (χ2n) is 10.0. The van der Waals surface area contributed by atoms with Crippen LogP contribution < -0.4 is 0 Å². The Morgan fingerprint density at radius 2 is 1.27 bits per heavy atom. The maximum Gasteiger partial charge on any atom is 0.335 e. The minimum Gasteiger partial charge on any atom is -0.462 e. The number of aryl methyl sites for hydroxylation is 1. The number of hydrogen-bond acceptors (Lipinski definition) is 3. The first-order chi connectivity index (χ1) is 19.8. The summed E-state index contributed by atoms with van der Waals surface area (Å²) in [4.78, 5) is 11.6. The molecule has 4 aromatic carbocycles. The second-order valence-corrected chi connectivity index (χ2v) is 10.0. The third-order valence-corrected chi connectivity index (χ3v) is 7.03. The lowest BCUT2D eigenvalue weighted by Gasteiger charge is -2.11. The summed E-state index contributed by atoms with van der Waals surface area (Å²) >= 11 is 0. The molecule has 4 rings (SSSR count). The van der Waals surface area contributed by atoms with Crippen molar-refractivity contribution in [1.82, 2.24) is 0 Å². The standard InChI is InChI=1S/C35H33F3O3/c1-3-4-5-6-24-7-10-26(11-8-24)27-12-15-29(33(37)20-27)28-13-16-31(34(38)21-28)30-14-9-25(19-32(30)36)17-18-41-35(40)23(2)22-39/h7-16,19-21,39H,2-6,17-18,22H2,1H3. The summed E-state index contributed by atoms with van der Waals surface area (Å²) in [7, 11) is 0. The van der Waals surface area contributed by atoms with Crippen LogP contribution in [0.5, 0.6) is 0 Å². The van der Waals surface area contributed by atoms with Crippen LogP contribution in [0.25, 0.3) is 33.4 Å². The van der Waals surface area contributed by atoms with Crippen LogP contribution in [0, 0.1) is 17.5 Å². The Labute approximate surface area is 238 Å². The van der Waals surface area contributed by atoms with Crippen molar-refractivity contribution in [3.63, 3.8) is 0 Å². The van der Waals surface area contributed by atoms with Crippen molar-refractivity contribution < 1.29 is 27.8 Å². The van der Waals surface area contributed by atoms with Gasteiger partial charge in [-0.25, -0.2) is 18.0 Å². The Morgan fingerprint density at radius 1 is 0.707 bits per heavy atom. The summed E-state index contributed by atoms with van der Waals surface area (Å²) in [6, 6.07) is 21.6. The molecule has 0 aliphatic rings. The van der Waals surface area contributed by atoms with E-state index in [0.717, 1.165) is 24.0 Å². The Bertz CT molecular complexity index is 1530. The summed E-state index contributed by atoms with van der Waals surface area (Å²) < 4.78 is 50.2. The molecule has 6 heteroatoms. The summed E-state index contributed by atoms with van der Waals surface area (Å²) in [5, 5.41) is 8.90. The van der Waals surface area contributed by atoms with Gasteiger partial charge in [0.05, 0.1) is 18.8 Å². The molecule has 0 saturated heterocycles. The second kappa shape index (κ2) is 14.0. The van der Waals surface area contributed by atoms with Crippen LogP contribution in [0.2, 0.25) is 0 Å². The molecule has 212 valence electrons. The normalized spacial score (nSPS) is 11.0. The van der Waals surface area contributed by atoms with Crippen LogP contribution in [0.4, 0.5) is 13.2 Å². The largest absolute Gasteiger partial charge is 0.462 e. The van der Waals surface area contributed by atoms with Crippen LogP contribution in [-0.2, 0) is 22.4 Å². The van der Waals surface area contributed by atoms with Crippen LogP contribution >= 0.6 is 0 Å². The molecular formula is C35H33F3O3. The first kappa shape index (κ1) is 29.8. The van der Waals surface area contributed by atoms with Crippen LogP contribution in [0.3, 0.4) is 0 Å². The van der Waals surface area contributed by atoms with Gasteiger partial charge in [-0.3, -0.25) is 0 Å². The molecule has 1 N–H and O–H groups in total. The van der Waals surface area contributed by atoms with E-state index in [9.17, 15) is 9.18 Å². The van der Waals surface area contributed by atoms with E-state index in [1.54, 1.807) is 18.2 Å². The Hall–Kier alpha value is -4.16. The number of ether oxygens (including phenoxy) is 1. The Balaban J connectivity index is 1.46. The Morgan fingerprint density at radius 3 is 1.90 bits per heavy atom. The van der Waals surface area contributed by atoms with Gasteiger partial charge < -0.3 is 9.84 Å². The van der Waals surface area contributed by atoms with E-state index < -0.39 is 30.0 Å². The molecule has 0 fully saturated rings. The highest BCUT2D eigenvalue weighted by Gasteiger charge is 2.15. The molecule has 0 heterocycles. The van der Waals surface area contributed by atoms with E-state index in [2.05, 4.69) is 25.6 Å². The smallest absolute Gasteiger partial charge is 0.335 e. The number of carbonyl (C=O) groups excluding carboxylic acids is 1. The molecule has 0 atom stereocenters. The van der Waals surface area contributed by atoms with Gasteiger partial charge in [0, 0.05) is 23.1 Å². The molecule has 0 bridgehead atoms. The van der Waals surface area contributed by atoms with E-state index in [0.29, 0.717) is 11.1 Å². The fraction of sp³-hybridized carbons (Fsp3) is 0.229. The quantitative estimate of drug-likeness (QED) is 0.108. The van der Waals surface area contributed by atoms with Crippen molar-refractivity contribution in [3.8, 4) is 33.4 Å². The third kappa shape index (κ3) is 7.53. The van der Waals surface area contributed by atoms with E-state index in [-0.39, 0.29) is 35.3 Å². The highest BCUT2D eigenvalue weighted by Crippen LogP contribution is 2.33. The average molecular weight is 559 g/mol. The lowest BCUT2D eigenvalue weighted by Crippen LogP contribution is -2.12. The van der Waals surface area contributed by atoms with Gasteiger partial charge in [-0.1, -0.05) is 87.0 Å². The summed E-state index contributed by atoms with van der Waals surface area (Å²) in [6.07, 6.45) is 4.78. The molecule has 0 unspecified atom stereocenters. The molecule has 0 aromatic heterocycles. The maximum atomic E-state index is 15.2. The van der Waals surface area contributed by atoms with Gasteiger partial charge in [0.25, 0.3) is 0 Å². The van der Waals surface area contributed by atoms with Gasteiger partial charge in [-0.15, -0.1) is 0 Å². The average Bonchev–Trinajstić information content (AvgIpc) is 2.97. The lowest BCUT2D eigenvalue weighted by atomic mass is 9.96. The molecule has 0 radical (unpaired) electrons. The molecule has 0 aliphatic carbocycles. The molecule has 41 heavy (non-hydrogen) atoms. The van der Waals surface area contributed by atoms with Gasteiger partial charge in [0.1, 0.15) is 17.5 Å². The van der Waals surface area contributed by atoms with Gasteiger partial charge in [0.2, 0.25) is 0 Å². The number of carbonyl (C=O) groups is 1. The van der Waals surface area contributed by atoms with Crippen molar-refractivity contribution in [1.29, 1.82) is 0 Å². The van der Waals surface area contributed by atoms with Gasteiger partial charge in [0.15, 0.2) is 0 Å². The van der Waals surface area contributed by atoms with Crippen molar-refractivity contribution in [2.75, 3.05) is 13.2 Å². The van der Waals surface area contributed by atoms with Gasteiger partial charge >= 0.3 is 5.97 Å². The predicted molar refractivity (Wildman–Crippen MR) is 157 cm³/mol. The summed E-state index contributed by atoms with van der Waals surface area (Å²) in [5.74, 6) is -2.50. The van der Waals surface area contributed by atoms with Crippen molar-refractivity contribution >= 4 is 5.97 Å². The fourth-order valence-electron chi connectivity index (χ4n) is 4.63. The maximum absolute atomic E-state index is 15.2. The number of aliphatic hydroxyl groups is 1. The van der Waals surface area contributed by atoms with Crippen molar-refractivity contribution in [2.45, 2.75) is 39.0 Å². The van der Waals surface area contributed by atoms with Crippen LogP contribution in [-0.4, -0.2) is 24.3 Å². The van der Waals surface area contributed by atoms with E-state index in [1.165, 1.54) is 48.7 Å². The molecule has 0 amide bonds.